The highest BCUT2D eigenvalue weighted by atomic mass is 32.2. The summed E-state index contributed by atoms with van der Waals surface area (Å²) < 4.78 is 4.25. The Bertz CT molecular complexity index is 496. The summed E-state index contributed by atoms with van der Waals surface area (Å²) in [6.45, 7) is 4.00. The molecule has 0 atom stereocenters. The van der Waals surface area contributed by atoms with E-state index in [4.69, 9.17) is 5.73 Å². The third kappa shape index (κ3) is 2.79. The molecule has 2 rings (SSSR count). The molecule has 96 valence electrons. The Hall–Kier alpha value is -1.20. The maximum absolute atomic E-state index is 5.89. The third-order valence-electron chi connectivity index (χ3n) is 2.75. The van der Waals surface area contributed by atoms with E-state index >= 15 is 0 Å². The smallest absolute Gasteiger partial charge is 0.153 e. The van der Waals surface area contributed by atoms with Crippen LogP contribution in [0.4, 0.5) is 10.8 Å². The summed E-state index contributed by atoms with van der Waals surface area (Å²) in [5.74, 6) is 0.647. The summed E-state index contributed by atoms with van der Waals surface area (Å²) >= 11 is 3.15. The minimum atomic E-state index is 0.647. The van der Waals surface area contributed by atoms with Crippen LogP contribution in [0.2, 0.25) is 0 Å². The Morgan fingerprint density at radius 3 is 2.67 bits per heavy atom. The van der Waals surface area contributed by atoms with Crippen LogP contribution in [-0.4, -0.2) is 17.2 Å². The number of nitrogen functional groups attached to an aromatic ring is 1. The molecule has 1 aromatic heterocycles. The fraction of sp³-hybridized carbons (Fsp3) is 0.308. The Kier molecular flexibility index (Phi) is 4.49. The van der Waals surface area contributed by atoms with Crippen molar-refractivity contribution in [3.05, 3.63) is 35.9 Å². The van der Waals surface area contributed by atoms with E-state index < -0.39 is 0 Å². The first-order chi connectivity index (χ1) is 8.76. The monoisotopic (exact) mass is 279 g/mol. The van der Waals surface area contributed by atoms with Crippen molar-refractivity contribution in [1.29, 1.82) is 0 Å². The molecule has 0 aliphatic heterocycles. The van der Waals surface area contributed by atoms with Crippen LogP contribution < -0.4 is 10.6 Å². The molecule has 0 saturated carbocycles. The minimum absolute atomic E-state index is 0.647. The maximum atomic E-state index is 5.89. The largest absolute Gasteiger partial charge is 0.382 e. The van der Waals surface area contributed by atoms with E-state index in [1.54, 1.807) is 11.8 Å². The number of benzene rings is 1. The fourth-order valence-electron chi connectivity index (χ4n) is 1.81. The minimum Gasteiger partial charge on any atom is -0.382 e. The van der Waals surface area contributed by atoms with Crippen LogP contribution in [0.1, 0.15) is 12.5 Å². The Balaban J connectivity index is 2.23. The summed E-state index contributed by atoms with van der Waals surface area (Å²) in [4.78, 5) is 3.41. The molecule has 0 bridgehead atoms. The van der Waals surface area contributed by atoms with Crippen LogP contribution in [0, 0.1) is 0 Å². The van der Waals surface area contributed by atoms with Crippen molar-refractivity contribution in [2.75, 3.05) is 23.4 Å². The first-order valence-corrected chi connectivity index (χ1v) is 7.84. The molecule has 1 heterocycles. The zero-order chi connectivity index (χ0) is 13.0. The standard InChI is InChI=1S/C13H17N3S2/c1-3-16(9-10-7-5-4-6-8-10)13-11(17-2)12(14)15-18-13/h4-8H,3,9H2,1-2H3,(H2,14,15). The van der Waals surface area contributed by atoms with Gasteiger partial charge in [-0.15, -0.1) is 11.8 Å². The molecule has 5 heteroatoms. The summed E-state index contributed by atoms with van der Waals surface area (Å²) in [6, 6.07) is 10.5. The van der Waals surface area contributed by atoms with Gasteiger partial charge in [-0.2, -0.15) is 4.37 Å². The van der Waals surface area contributed by atoms with Gasteiger partial charge in [0.2, 0.25) is 0 Å². The van der Waals surface area contributed by atoms with Crippen molar-refractivity contribution >= 4 is 34.1 Å². The van der Waals surface area contributed by atoms with Gasteiger partial charge in [0.15, 0.2) is 5.82 Å². The molecular formula is C13H17N3S2. The topological polar surface area (TPSA) is 42.2 Å². The molecule has 0 unspecified atom stereocenters. The number of nitrogens with zero attached hydrogens (tertiary/aromatic N) is 2. The lowest BCUT2D eigenvalue weighted by molar-refractivity contribution is 0.833. The first-order valence-electron chi connectivity index (χ1n) is 5.84. The molecular weight excluding hydrogens is 262 g/mol. The zero-order valence-corrected chi connectivity index (χ0v) is 12.2. The van der Waals surface area contributed by atoms with Crippen molar-refractivity contribution in [2.24, 2.45) is 0 Å². The highest BCUT2D eigenvalue weighted by Crippen LogP contribution is 2.37. The number of rotatable bonds is 5. The first kappa shape index (κ1) is 13.2. The van der Waals surface area contributed by atoms with Crippen molar-refractivity contribution < 1.29 is 0 Å². The van der Waals surface area contributed by atoms with Crippen LogP contribution in [0.25, 0.3) is 0 Å². The van der Waals surface area contributed by atoms with Crippen LogP contribution in [-0.2, 0) is 6.54 Å². The van der Waals surface area contributed by atoms with Crippen molar-refractivity contribution in [2.45, 2.75) is 18.4 Å². The van der Waals surface area contributed by atoms with Gasteiger partial charge in [-0.25, -0.2) is 0 Å². The van der Waals surface area contributed by atoms with E-state index in [9.17, 15) is 0 Å². The molecule has 2 N–H and O–H groups in total. The van der Waals surface area contributed by atoms with E-state index in [1.807, 2.05) is 12.3 Å². The van der Waals surface area contributed by atoms with Gasteiger partial charge in [0.05, 0.1) is 4.90 Å². The quantitative estimate of drug-likeness (QED) is 0.851. The second kappa shape index (κ2) is 6.11. The molecule has 0 aliphatic carbocycles. The number of hydrogen-bond donors (Lipinski definition) is 1. The molecule has 0 radical (unpaired) electrons. The van der Waals surface area contributed by atoms with Gasteiger partial charge < -0.3 is 10.6 Å². The molecule has 0 amide bonds. The lowest BCUT2D eigenvalue weighted by atomic mass is 10.2. The number of anilines is 2. The third-order valence-corrected chi connectivity index (χ3v) is 4.61. The molecule has 3 nitrogen and oxygen atoms in total. The lowest BCUT2D eigenvalue weighted by Gasteiger charge is -2.22. The van der Waals surface area contributed by atoms with Crippen molar-refractivity contribution in [1.82, 2.24) is 4.37 Å². The highest BCUT2D eigenvalue weighted by molar-refractivity contribution is 7.99. The molecule has 0 fully saturated rings. The van der Waals surface area contributed by atoms with Crippen LogP contribution in [0.5, 0.6) is 0 Å². The SMILES string of the molecule is CCN(Cc1ccccc1)c1snc(N)c1SC. The predicted octanol–water partition coefficient (Wildman–Crippen LogP) is 3.47. The second-order valence-corrected chi connectivity index (χ2v) is 5.47. The Morgan fingerprint density at radius 1 is 1.33 bits per heavy atom. The van der Waals surface area contributed by atoms with E-state index in [0.29, 0.717) is 5.82 Å². The Morgan fingerprint density at radius 2 is 2.06 bits per heavy atom. The maximum Gasteiger partial charge on any atom is 0.153 e. The number of thioether (sulfide) groups is 1. The number of aromatic nitrogens is 1. The molecule has 0 saturated heterocycles. The van der Waals surface area contributed by atoms with Crippen molar-refractivity contribution in [3.8, 4) is 0 Å². The molecule has 0 spiro atoms. The van der Waals surface area contributed by atoms with Gasteiger partial charge in [0.25, 0.3) is 0 Å². The normalized spacial score (nSPS) is 10.6. The van der Waals surface area contributed by atoms with Crippen LogP contribution >= 0.6 is 23.3 Å². The zero-order valence-electron chi connectivity index (χ0n) is 10.6. The summed E-state index contributed by atoms with van der Waals surface area (Å²) in [7, 11) is 0. The summed E-state index contributed by atoms with van der Waals surface area (Å²) in [5.41, 5.74) is 7.19. The molecule has 2 aromatic rings. The van der Waals surface area contributed by atoms with E-state index in [0.717, 1.165) is 18.0 Å². The molecule has 1 aromatic carbocycles. The molecule has 18 heavy (non-hydrogen) atoms. The highest BCUT2D eigenvalue weighted by Gasteiger charge is 2.16. The van der Waals surface area contributed by atoms with Crippen molar-refractivity contribution in [3.63, 3.8) is 0 Å². The summed E-state index contributed by atoms with van der Waals surface area (Å²) in [6.07, 6.45) is 2.04. The van der Waals surface area contributed by atoms with Gasteiger partial charge in [-0.1, -0.05) is 30.3 Å². The van der Waals surface area contributed by atoms with Gasteiger partial charge >= 0.3 is 0 Å². The predicted molar refractivity (Wildman–Crippen MR) is 81.5 cm³/mol. The fourth-order valence-corrected chi connectivity index (χ4v) is 3.56. The van der Waals surface area contributed by atoms with Gasteiger partial charge in [0.1, 0.15) is 5.00 Å². The van der Waals surface area contributed by atoms with E-state index in [2.05, 4.69) is 40.5 Å². The average molecular weight is 279 g/mol. The average Bonchev–Trinajstić information content (AvgIpc) is 2.78. The van der Waals surface area contributed by atoms with E-state index in [-0.39, 0.29) is 0 Å². The Labute approximate surface area is 116 Å². The second-order valence-electron chi connectivity index (χ2n) is 3.91. The van der Waals surface area contributed by atoms with Gasteiger partial charge in [-0.05, 0) is 30.3 Å². The number of nitrogens with two attached hydrogens (primary N) is 1. The van der Waals surface area contributed by atoms with E-state index in [1.165, 1.54) is 22.1 Å². The summed E-state index contributed by atoms with van der Waals surface area (Å²) in [5, 5.41) is 1.17. The lowest BCUT2D eigenvalue weighted by Crippen LogP contribution is -2.21. The van der Waals surface area contributed by atoms with Crippen LogP contribution in [0.15, 0.2) is 35.2 Å². The number of hydrogen-bond acceptors (Lipinski definition) is 5. The molecule has 0 aliphatic rings. The van der Waals surface area contributed by atoms with Gasteiger partial charge in [-0.3, -0.25) is 0 Å². The van der Waals surface area contributed by atoms with Crippen LogP contribution in [0.3, 0.4) is 0 Å². The van der Waals surface area contributed by atoms with Gasteiger partial charge in [0, 0.05) is 13.1 Å².